The van der Waals surface area contributed by atoms with Crippen LogP contribution in [-0.2, 0) is 0 Å². The number of halogens is 1. The first-order valence-corrected chi connectivity index (χ1v) is 7.01. The number of rotatable bonds is 5. The Morgan fingerprint density at radius 2 is 1.83 bits per heavy atom. The van der Waals surface area contributed by atoms with Crippen molar-refractivity contribution in [3.63, 3.8) is 0 Å². The van der Waals surface area contributed by atoms with Crippen molar-refractivity contribution in [1.82, 2.24) is 5.43 Å². The number of aromatic hydroxyl groups is 1. The Labute approximate surface area is 138 Å². The number of hydrogen-bond donors (Lipinski definition) is 2. The number of hydrogen-bond acceptors (Lipinski definition) is 5. The molecule has 6 nitrogen and oxygen atoms in total. The molecular formula is C17H17FN2O4. The summed E-state index contributed by atoms with van der Waals surface area (Å²) < 4.78 is 23.5. The molecule has 0 aliphatic rings. The van der Waals surface area contributed by atoms with Crippen molar-refractivity contribution in [2.24, 2.45) is 5.10 Å². The van der Waals surface area contributed by atoms with Gasteiger partial charge < -0.3 is 14.6 Å². The second kappa shape index (κ2) is 7.45. The van der Waals surface area contributed by atoms with Gasteiger partial charge in [0.05, 0.1) is 19.9 Å². The summed E-state index contributed by atoms with van der Waals surface area (Å²) in [6.45, 7) is 1.55. The van der Waals surface area contributed by atoms with Crippen molar-refractivity contribution >= 4 is 11.6 Å². The van der Waals surface area contributed by atoms with Crippen LogP contribution >= 0.6 is 0 Å². The number of phenols is 1. The molecule has 0 aromatic heterocycles. The van der Waals surface area contributed by atoms with Crippen LogP contribution in [0.5, 0.6) is 17.2 Å². The summed E-state index contributed by atoms with van der Waals surface area (Å²) in [7, 11) is 2.96. The van der Waals surface area contributed by atoms with E-state index in [9.17, 15) is 14.3 Å². The lowest BCUT2D eigenvalue weighted by Crippen LogP contribution is -2.19. The molecule has 0 saturated carbocycles. The zero-order valence-electron chi connectivity index (χ0n) is 13.5. The lowest BCUT2D eigenvalue weighted by atomic mass is 10.1. The van der Waals surface area contributed by atoms with E-state index < -0.39 is 11.7 Å². The van der Waals surface area contributed by atoms with Gasteiger partial charge in [-0.25, -0.2) is 9.82 Å². The number of ether oxygens (including phenoxy) is 2. The van der Waals surface area contributed by atoms with Crippen LogP contribution in [0, 0.1) is 5.82 Å². The molecule has 24 heavy (non-hydrogen) atoms. The third-order valence-electron chi connectivity index (χ3n) is 3.32. The van der Waals surface area contributed by atoms with Gasteiger partial charge in [-0.15, -0.1) is 0 Å². The van der Waals surface area contributed by atoms with Crippen LogP contribution < -0.4 is 14.9 Å². The fourth-order valence-electron chi connectivity index (χ4n) is 2.03. The van der Waals surface area contributed by atoms with Gasteiger partial charge in [0, 0.05) is 11.1 Å². The van der Waals surface area contributed by atoms with Gasteiger partial charge >= 0.3 is 0 Å². The summed E-state index contributed by atoms with van der Waals surface area (Å²) in [6, 6.07) is 8.16. The minimum absolute atomic E-state index is 0.127. The van der Waals surface area contributed by atoms with E-state index in [4.69, 9.17) is 9.47 Å². The fraction of sp³-hybridized carbons (Fsp3) is 0.176. The number of carbonyl (C=O) groups excluding carboxylic acids is 1. The molecule has 0 aliphatic carbocycles. The highest BCUT2D eigenvalue weighted by molar-refractivity contribution is 6.02. The topological polar surface area (TPSA) is 80.2 Å². The Bertz CT molecular complexity index is 790. The third kappa shape index (κ3) is 3.81. The normalized spacial score (nSPS) is 11.1. The van der Waals surface area contributed by atoms with Gasteiger partial charge in [0.25, 0.3) is 5.91 Å². The van der Waals surface area contributed by atoms with E-state index in [0.29, 0.717) is 17.1 Å². The van der Waals surface area contributed by atoms with Crippen LogP contribution in [0.1, 0.15) is 22.8 Å². The highest BCUT2D eigenvalue weighted by atomic mass is 19.1. The molecule has 0 radical (unpaired) electrons. The molecule has 0 aliphatic heterocycles. The van der Waals surface area contributed by atoms with Gasteiger partial charge in [0.2, 0.25) is 0 Å². The SMILES string of the molecule is COc1ccc(C(=O)N/N=C(\C)c2cc(F)ccc2O)cc1OC. The monoisotopic (exact) mass is 332 g/mol. The van der Waals surface area contributed by atoms with Gasteiger partial charge in [-0.1, -0.05) is 0 Å². The number of benzene rings is 2. The van der Waals surface area contributed by atoms with Gasteiger partial charge in [-0.2, -0.15) is 5.10 Å². The molecule has 0 atom stereocenters. The van der Waals surface area contributed by atoms with Crippen molar-refractivity contribution < 1.29 is 23.8 Å². The second-order valence-corrected chi connectivity index (χ2v) is 4.87. The summed E-state index contributed by atoms with van der Waals surface area (Å²) in [5.41, 5.74) is 3.13. The van der Waals surface area contributed by atoms with Gasteiger partial charge in [0.1, 0.15) is 11.6 Å². The number of carbonyl (C=O) groups is 1. The molecule has 1 amide bonds. The highest BCUT2D eigenvalue weighted by Gasteiger charge is 2.11. The second-order valence-electron chi connectivity index (χ2n) is 4.87. The van der Waals surface area contributed by atoms with Crippen LogP contribution in [0.3, 0.4) is 0 Å². The largest absolute Gasteiger partial charge is 0.507 e. The molecule has 0 heterocycles. The molecule has 0 fully saturated rings. The first kappa shape index (κ1) is 17.3. The predicted molar refractivity (Wildman–Crippen MR) is 87.3 cm³/mol. The van der Waals surface area contributed by atoms with E-state index in [0.717, 1.165) is 12.1 Å². The fourth-order valence-corrected chi connectivity index (χ4v) is 2.03. The highest BCUT2D eigenvalue weighted by Crippen LogP contribution is 2.27. The van der Waals surface area contributed by atoms with Crippen LogP contribution in [0.2, 0.25) is 0 Å². The van der Waals surface area contributed by atoms with Crippen LogP contribution in [0.15, 0.2) is 41.5 Å². The molecule has 0 unspecified atom stereocenters. The number of nitrogens with zero attached hydrogens (tertiary/aromatic N) is 1. The Hall–Kier alpha value is -3.09. The van der Waals surface area contributed by atoms with Crippen molar-refractivity contribution in [1.29, 1.82) is 0 Å². The first-order chi connectivity index (χ1) is 11.5. The Morgan fingerprint density at radius 1 is 1.12 bits per heavy atom. The predicted octanol–water partition coefficient (Wildman–Crippen LogP) is 2.70. The molecule has 0 spiro atoms. The molecule has 7 heteroatoms. The molecule has 2 aromatic rings. The third-order valence-corrected chi connectivity index (χ3v) is 3.32. The summed E-state index contributed by atoms with van der Waals surface area (Å²) in [4.78, 5) is 12.1. The quantitative estimate of drug-likeness (QED) is 0.652. The van der Waals surface area contributed by atoms with Gasteiger partial charge in [-0.05, 0) is 43.3 Å². The maximum Gasteiger partial charge on any atom is 0.271 e. The smallest absolute Gasteiger partial charge is 0.271 e. The van der Waals surface area contributed by atoms with E-state index >= 15 is 0 Å². The molecule has 0 saturated heterocycles. The molecule has 2 aromatic carbocycles. The molecule has 0 bridgehead atoms. The maximum atomic E-state index is 13.2. The van der Waals surface area contributed by atoms with Gasteiger partial charge in [-0.3, -0.25) is 4.79 Å². The maximum absolute atomic E-state index is 13.2. The molecule has 2 N–H and O–H groups in total. The zero-order valence-corrected chi connectivity index (χ0v) is 13.5. The number of hydrazone groups is 1. The Kier molecular flexibility index (Phi) is 5.36. The van der Waals surface area contributed by atoms with E-state index in [1.807, 2.05) is 0 Å². The minimum atomic E-state index is -0.511. The first-order valence-electron chi connectivity index (χ1n) is 7.01. The zero-order chi connectivity index (χ0) is 17.7. The average Bonchev–Trinajstić information content (AvgIpc) is 2.60. The standard InChI is InChI=1S/C17H17FN2O4/c1-10(13-9-12(18)5-6-14(13)21)19-20-17(22)11-4-7-15(23-2)16(8-11)24-3/h4-9,21H,1-3H3,(H,20,22)/b19-10+. The van der Waals surface area contributed by atoms with Crippen LogP contribution in [0.25, 0.3) is 0 Å². The Morgan fingerprint density at radius 3 is 2.50 bits per heavy atom. The van der Waals surface area contributed by atoms with Crippen molar-refractivity contribution in [2.45, 2.75) is 6.92 Å². The molecule has 2 rings (SSSR count). The summed E-state index contributed by atoms with van der Waals surface area (Å²) >= 11 is 0. The lowest BCUT2D eigenvalue weighted by molar-refractivity contribution is 0.0954. The average molecular weight is 332 g/mol. The minimum Gasteiger partial charge on any atom is -0.507 e. The number of nitrogens with one attached hydrogen (secondary N) is 1. The number of phenolic OH excluding ortho intramolecular Hbond substituents is 1. The lowest BCUT2D eigenvalue weighted by Gasteiger charge is -2.09. The molecule has 126 valence electrons. The van der Waals surface area contributed by atoms with Crippen LogP contribution in [0.4, 0.5) is 4.39 Å². The summed E-state index contributed by atoms with van der Waals surface area (Å²) in [5.74, 6) is -0.208. The Balaban J connectivity index is 2.19. The number of amides is 1. The van der Waals surface area contributed by atoms with Crippen LogP contribution in [-0.4, -0.2) is 30.9 Å². The van der Waals surface area contributed by atoms with E-state index in [1.54, 1.807) is 19.1 Å². The van der Waals surface area contributed by atoms with E-state index in [1.165, 1.54) is 26.4 Å². The summed E-state index contributed by atoms with van der Waals surface area (Å²) in [5, 5.41) is 13.6. The van der Waals surface area contributed by atoms with E-state index in [-0.39, 0.29) is 17.0 Å². The van der Waals surface area contributed by atoms with E-state index in [2.05, 4.69) is 10.5 Å². The van der Waals surface area contributed by atoms with Crippen molar-refractivity contribution in [3.8, 4) is 17.2 Å². The summed E-state index contributed by atoms with van der Waals surface area (Å²) in [6.07, 6.45) is 0. The van der Waals surface area contributed by atoms with Crippen molar-refractivity contribution in [2.75, 3.05) is 14.2 Å². The van der Waals surface area contributed by atoms with Crippen molar-refractivity contribution in [3.05, 3.63) is 53.3 Å². The van der Waals surface area contributed by atoms with Gasteiger partial charge in [0.15, 0.2) is 11.5 Å². The number of methoxy groups -OCH3 is 2. The molecular weight excluding hydrogens is 315 g/mol.